The minimum Gasteiger partial charge on any atom is -0.484 e. The van der Waals surface area contributed by atoms with Crippen LogP contribution in [0.4, 0.5) is 0 Å². The Hall–Kier alpha value is -2.04. The highest BCUT2D eigenvalue weighted by molar-refractivity contribution is 5.87. The second-order valence-corrected chi connectivity index (χ2v) is 3.91. The molecule has 0 fully saturated rings. The normalized spacial score (nSPS) is 11.6. The topological polar surface area (TPSA) is 81.4 Å². The summed E-state index contributed by atoms with van der Waals surface area (Å²) in [4.78, 5) is 22.6. The van der Waals surface area contributed by atoms with E-state index in [1.165, 1.54) is 0 Å². The third-order valence-corrected chi connectivity index (χ3v) is 2.37. The first-order valence-electron chi connectivity index (χ1n) is 5.90. The lowest BCUT2D eigenvalue weighted by Crippen LogP contribution is -2.45. The van der Waals surface area contributed by atoms with Crippen molar-refractivity contribution in [2.24, 2.45) is 5.73 Å². The predicted molar refractivity (Wildman–Crippen MR) is 68.0 cm³/mol. The summed E-state index contributed by atoms with van der Waals surface area (Å²) >= 11 is 0. The molecule has 0 aliphatic heterocycles. The summed E-state index contributed by atoms with van der Waals surface area (Å²) in [5, 5.41) is 2.55. The van der Waals surface area contributed by atoms with Crippen LogP contribution in [-0.4, -0.2) is 24.5 Å². The first kappa shape index (κ1) is 14.0. The number of ether oxygens (including phenoxy) is 1. The number of hydrogen-bond acceptors (Lipinski definition) is 3. The monoisotopic (exact) mass is 250 g/mol. The Morgan fingerprint density at radius 2 is 2.00 bits per heavy atom. The molecular formula is C13H18N2O3. The van der Waals surface area contributed by atoms with Crippen molar-refractivity contribution in [2.45, 2.75) is 25.8 Å². The standard InChI is InChI=1S/C13H18N2O3/c1-2-6-11(13(14)17)15-12(16)9-18-10-7-4-3-5-8-10/h3-5,7-8,11H,2,6,9H2,1H3,(H2,14,17)(H,15,16)/t11-/m0/s1. The Kier molecular flexibility index (Phi) is 5.70. The SMILES string of the molecule is CCC[C@H](NC(=O)COc1ccccc1)C(N)=O. The van der Waals surface area contributed by atoms with Crippen LogP contribution in [0.3, 0.4) is 0 Å². The molecule has 0 aliphatic rings. The average molecular weight is 250 g/mol. The van der Waals surface area contributed by atoms with E-state index in [0.29, 0.717) is 12.2 Å². The van der Waals surface area contributed by atoms with Crippen LogP contribution in [0.25, 0.3) is 0 Å². The number of carbonyl (C=O) groups is 2. The van der Waals surface area contributed by atoms with E-state index in [-0.39, 0.29) is 12.5 Å². The van der Waals surface area contributed by atoms with Crippen LogP contribution in [0.1, 0.15) is 19.8 Å². The summed E-state index contributed by atoms with van der Waals surface area (Å²) in [7, 11) is 0. The van der Waals surface area contributed by atoms with E-state index in [1.54, 1.807) is 12.1 Å². The van der Waals surface area contributed by atoms with Gasteiger partial charge < -0.3 is 15.8 Å². The highest BCUT2D eigenvalue weighted by atomic mass is 16.5. The maximum Gasteiger partial charge on any atom is 0.258 e. The molecule has 0 aromatic heterocycles. The van der Waals surface area contributed by atoms with Crippen LogP contribution >= 0.6 is 0 Å². The molecule has 5 nitrogen and oxygen atoms in total. The van der Waals surface area contributed by atoms with Crippen molar-refractivity contribution in [3.05, 3.63) is 30.3 Å². The summed E-state index contributed by atoms with van der Waals surface area (Å²) < 4.78 is 5.26. The molecule has 1 rings (SSSR count). The van der Waals surface area contributed by atoms with Crippen molar-refractivity contribution >= 4 is 11.8 Å². The van der Waals surface area contributed by atoms with Crippen molar-refractivity contribution in [2.75, 3.05) is 6.61 Å². The second kappa shape index (κ2) is 7.32. The fourth-order valence-corrected chi connectivity index (χ4v) is 1.48. The molecular weight excluding hydrogens is 232 g/mol. The maximum atomic E-state index is 11.6. The number of amides is 2. The van der Waals surface area contributed by atoms with E-state index in [1.807, 2.05) is 25.1 Å². The minimum absolute atomic E-state index is 0.127. The van der Waals surface area contributed by atoms with E-state index >= 15 is 0 Å². The molecule has 1 atom stereocenters. The van der Waals surface area contributed by atoms with Gasteiger partial charge in [0.2, 0.25) is 5.91 Å². The molecule has 98 valence electrons. The number of hydrogen-bond donors (Lipinski definition) is 2. The van der Waals surface area contributed by atoms with E-state index < -0.39 is 11.9 Å². The molecule has 0 radical (unpaired) electrons. The predicted octanol–water partition coefficient (Wildman–Crippen LogP) is 0.836. The Bertz CT molecular complexity index is 392. The van der Waals surface area contributed by atoms with Gasteiger partial charge in [0.25, 0.3) is 5.91 Å². The smallest absolute Gasteiger partial charge is 0.258 e. The summed E-state index contributed by atoms with van der Waals surface area (Å²) in [5.41, 5.74) is 5.18. The van der Waals surface area contributed by atoms with Crippen LogP contribution in [0.2, 0.25) is 0 Å². The number of nitrogens with two attached hydrogens (primary N) is 1. The zero-order chi connectivity index (χ0) is 13.4. The Morgan fingerprint density at radius 1 is 1.33 bits per heavy atom. The summed E-state index contributed by atoms with van der Waals surface area (Å²) in [6.45, 7) is 1.79. The molecule has 18 heavy (non-hydrogen) atoms. The largest absolute Gasteiger partial charge is 0.484 e. The maximum absolute atomic E-state index is 11.6. The number of para-hydroxylation sites is 1. The van der Waals surface area contributed by atoms with Gasteiger partial charge in [-0.15, -0.1) is 0 Å². The van der Waals surface area contributed by atoms with Gasteiger partial charge in [0.05, 0.1) is 0 Å². The minimum atomic E-state index is -0.623. The van der Waals surface area contributed by atoms with Crippen molar-refractivity contribution in [3.8, 4) is 5.75 Å². The Balaban J connectivity index is 2.39. The molecule has 0 aliphatic carbocycles. The van der Waals surface area contributed by atoms with Crippen LogP contribution in [0, 0.1) is 0 Å². The van der Waals surface area contributed by atoms with Crippen LogP contribution in [0.5, 0.6) is 5.75 Å². The second-order valence-electron chi connectivity index (χ2n) is 3.91. The van der Waals surface area contributed by atoms with E-state index in [4.69, 9.17) is 10.5 Å². The van der Waals surface area contributed by atoms with Gasteiger partial charge in [-0.2, -0.15) is 0 Å². The molecule has 0 spiro atoms. The quantitative estimate of drug-likeness (QED) is 0.752. The van der Waals surface area contributed by atoms with Crippen molar-refractivity contribution < 1.29 is 14.3 Å². The van der Waals surface area contributed by atoms with Gasteiger partial charge >= 0.3 is 0 Å². The Labute approximate surface area is 106 Å². The molecule has 1 aromatic rings. The zero-order valence-electron chi connectivity index (χ0n) is 10.4. The molecule has 0 saturated carbocycles. The lowest BCUT2D eigenvalue weighted by atomic mass is 10.1. The van der Waals surface area contributed by atoms with Gasteiger partial charge in [-0.3, -0.25) is 9.59 Å². The van der Waals surface area contributed by atoms with E-state index in [2.05, 4.69) is 5.32 Å². The number of nitrogens with one attached hydrogen (secondary N) is 1. The molecule has 5 heteroatoms. The van der Waals surface area contributed by atoms with Crippen LogP contribution in [-0.2, 0) is 9.59 Å². The molecule has 1 aromatic carbocycles. The molecule has 2 amide bonds. The lowest BCUT2D eigenvalue weighted by Gasteiger charge is -2.14. The number of primary amides is 1. The van der Waals surface area contributed by atoms with E-state index in [0.717, 1.165) is 6.42 Å². The molecule has 0 bridgehead atoms. The van der Waals surface area contributed by atoms with E-state index in [9.17, 15) is 9.59 Å². The molecule has 3 N–H and O–H groups in total. The van der Waals surface area contributed by atoms with Crippen LogP contribution < -0.4 is 15.8 Å². The number of carbonyl (C=O) groups excluding carboxylic acids is 2. The summed E-state index contributed by atoms with van der Waals surface area (Å²) in [6, 6.07) is 8.38. The first-order valence-corrected chi connectivity index (χ1v) is 5.90. The fraction of sp³-hybridized carbons (Fsp3) is 0.385. The molecule has 0 saturated heterocycles. The number of rotatable bonds is 7. The van der Waals surface area contributed by atoms with Crippen molar-refractivity contribution in [1.82, 2.24) is 5.32 Å². The zero-order valence-corrected chi connectivity index (χ0v) is 10.4. The lowest BCUT2D eigenvalue weighted by molar-refractivity contribution is -0.128. The van der Waals surface area contributed by atoms with Crippen LogP contribution in [0.15, 0.2) is 30.3 Å². The third-order valence-electron chi connectivity index (χ3n) is 2.37. The molecule has 0 unspecified atom stereocenters. The first-order chi connectivity index (χ1) is 8.63. The van der Waals surface area contributed by atoms with Crippen molar-refractivity contribution in [1.29, 1.82) is 0 Å². The van der Waals surface area contributed by atoms with Gasteiger partial charge in [0, 0.05) is 0 Å². The van der Waals surface area contributed by atoms with Gasteiger partial charge in [-0.05, 0) is 18.6 Å². The van der Waals surface area contributed by atoms with Gasteiger partial charge in [0.15, 0.2) is 6.61 Å². The summed E-state index contributed by atoms with van der Waals surface area (Å²) in [5.74, 6) is -0.264. The summed E-state index contributed by atoms with van der Waals surface area (Å²) in [6.07, 6.45) is 1.31. The number of benzene rings is 1. The Morgan fingerprint density at radius 3 is 2.56 bits per heavy atom. The van der Waals surface area contributed by atoms with Gasteiger partial charge in [-0.1, -0.05) is 31.5 Å². The highest BCUT2D eigenvalue weighted by Crippen LogP contribution is 2.07. The van der Waals surface area contributed by atoms with Gasteiger partial charge in [-0.25, -0.2) is 0 Å². The van der Waals surface area contributed by atoms with Gasteiger partial charge in [0.1, 0.15) is 11.8 Å². The average Bonchev–Trinajstić information content (AvgIpc) is 2.37. The van der Waals surface area contributed by atoms with Crippen molar-refractivity contribution in [3.63, 3.8) is 0 Å². The highest BCUT2D eigenvalue weighted by Gasteiger charge is 2.16. The third kappa shape index (κ3) is 4.86. The molecule has 0 heterocycles. The fourth-order valence-electron chi connectivity index (χ4n) is 1.48.